The number of para-hydroxylation sites is 1. The number of aromatic hydroxyl groups is 1. The van der Waals surface area contributed by atoms with Crippen molar-refractivity contribution >= 4 is 56.4 Å². The Morgan fingerprint density at radius 3 is 2.48 bits per heavy atom. The zero-order valence-electron chi connectivity index (χ0n) is 35.2. The minimum absolute atomic E-state index is 0.0499. The van der Waals surface area contributed by atoms with Crippen LogP contribution in [0.25, 0.3) is 31.9 Å². The monoisotopic (exact) mass is 874 g/mol. The molecule has 2 fully saturated rings. The molecular formula is C46H50N8O6S2. The van der Waals surface area contributed by atoms with Crippen molar-refractivity contribution in [3.8, 4) is 27.4 Å². The summed E-state index contributed by atoms with van der Waals surface area (Å²) in [5.74, 6) is -0.321. The second-order valence-corrected chi connectivity index (χ2v) is 19.0. The molecule has 3 aliphatic rings. The number of thiazole rings is 1. The number of hydrogen-bond acceptors (Lipinski definition) is 13. The van der Waals surface area contributed by atoms with E-state index in [9.17, 15) is 24.6 Å². The molecule has 16 heteroatoms. The van der Waals surface area contributed by atoms with Gasteiger partial charge in [-0.25, -0.2) is 4.98 Å². The maximum atomic E-state index is 14.3. The van der Waals surface area contributed by atoms with Crippen LogP contribution in [-0.4, -0.2) is 96.4 Å². The van der Waals surface area contributed by atoms with E-state index in [1.807, 2.05) is 86.6 Å². The Hall–Kier alpha value is -5.71. The molecule has 0 saturated carbocycles. The average Bonchev–Trinajstić information content (AvgIpc) is 4.09. The lowest BCUT2D eigenvalue weighted by Crippen LogP contribution is -2.48. The summed E-state index contributed by atoms with van der Waals surface area (Å²) in [6, 6.07) is 17.7. The van der Waals surface area contributed by atoms with Crippen molar-refractivity contribution in [2.45, 2.75) is 84.0 Å². The highest BCUT2D eigenvalue weighted by molar-refractivity contribution is 7.18. The number of phenolic OH excluding ortho intramolecular Hbond substituents is 1. The van der Waals surface area contributed by atoms with Crippen LogP contribution in [0.3, 0.4) is 0 Å². The van der Waals surface area contributed by atoms with Crippen LogP contribution in [0.5, 0.6) is 5.75 Å². The van der Waals surface area contributed by atoms with Gasteiger partial charge in [-0.15, -0.1) is 32.9 Å². The van der Waals surface area contributed by atoms with E-state index in [0.29, 0.717) is 61.9 Å². The number of fused-ring (bicyclic) bond motifs is 3. The Morgan fingerprint density at radius 2 is 1.76 bits per heavy atom. The van der Waals surface area contributed by atoms with Gasteiger partial charge < -0.3 is 34.8 Å². The molecule has 3 N–H and O–H groups in total. The van der Waals surface area contributed by atoms with Crippen LogP contribution in [0.4, 0.5) is 5.82 Å². The molecule has 9 rings (SSSR count). The number of carbonyl (C=O) groups excluding carboxylic acids is 3. The highest BCUT2D eigenvalue weighted by Gasteiger charge is 2.44. The van der Waals surface area contributed by atoms with Gasteiger partial charge in [-0.05, 0) is 73.9 Å². The molecule has 3 aliphatic heterocycles. The van der Waals surface area contributed by atoms with Crippen LogP contribution >= 0.6 is 22.7 Å². The number of hydrogen-bond donors (Lipinski definition) is 3. The number of aliphatic hydroxyl groups is 1. The molecule has 0 radical (unpaired) electrons. The van der Waals surface area contributed by atoms with Crippen molar-refractivity contribution in [2.75, 3.05) is 31.1 Å². The van der Waals surface area contributed by atoms with Crippen LogP contribution < -0.4 is 10.2 Å². The summed E-state index contributed by atoms with van der Waals surface area (Å²) in [5.41, 5.74) is 7.12. The van der Waals surface area contributed by atoms with E-state index in [-0.39, 0.29) is 54.3 Å². The zero-order valence-corrected chi connectivity index (χ0v) is 36.8. The number of aliphatic hydroxyl groups excluding tert-OH is 1. The molecule has 0 aliphatic carbocycles. The quantitative estimate of drug-likeness (QED) is 0.131. The van der Waals surface area contributed by atoms with Gasteiger partial charge in [0.05, 0.1) is 33.9 Å². The number of nitrogens with one attached hydrogen (secondary N) is 1. The lowest BCUT2D eigenvalue weighted by molar-refractivity contribution is -0.141. The number of likely N-dealkylation sites (tertiary alicyclic amines) is 1. The first-order valence-corrected chi connectivity index (χ1v) is 23.0. The number of nitrogens with zero attached hydrogens (tertiary/aromatic N) is 7. The summed E-state index contributed by atoms with van der Waals surface area (Å²) in [6.07, 6.45) is 1.38. The summed E-state index contributed by atoms with van der Waals surface area (Å²) in [5, 5.41) is 38.5. The highest BCUT2D eigenvalue weighted by atomic mass is 32.1. The summed E-state index contributed by atoms with van der Waals surface area (Å²) in [4.78, 5) is 55.1. The number of piperidine rings is 1. The molecule has 4 atom stereocenters. The third-order valence-electron chi connectivity index (χ3n) is 12.7. The largest absolute Gasteiger partial charge is 0.507 e. The van der Waals surface area contributed by atoms with Gasteiger partial charge in [0.2, 0.25) is 17.7 Å². The molecule has 2 saturated heterocycles. The Balaban J connectivity index is 0.822. The van der Waals surface area contributed by atoms with Gasteiger partial charge in [0.15, 0.2) is 11.6 Å². The van der Waals surface area contributed by atoms with Crippen LogP contribution in [0.15, 0.2) is 70.7 Å². The number of aromatic nitrogens is 4. The number of amides is 3. The summed E-state index contributed by atoms with van der Waals surface area (Å²) in [6.45, 7) is 10.2. The molecule has 62 heavy (non-hydrogen) atoms. The highest BCUT2D eigenvalue weighted by Crippen LogP contribution is 2.39. The van der Waals surface area contributed by atoms with Crippen LogP contribution in [0, 0.1) is 18.8 Å². The van der Waals surface area contributed by atoms with Crippen molar-refractivity contribution in [1.82, 2.24) is 35.5 Å². The van der Waals surface area contributed by atoms with Gasteiger partial charge in [0.1, 0.15) is 22.5 Å². The number of β-amino-alcohol motifs (C(OH)–C–C–N with tert-alkyl or cyclic N) is 1. The average molecular weight is 875 g/mol. The third kappa shape index (κ3) is 8.06. The van der Waals surface area contributed by atoms with E-state index < -0.39 is 18.1 Å². The molecule has 7 heterocycles. The van der Waals surface area contributed by atoms with Crippen molar-refractivity contribution in [1.29, 1.82) is 0 Å². The van der Waals surface area contributed by atoms with E-state index in [4.69, 9.17) is 4.52 Å². The van der Waals surface area contributed by atoms with Crippen LogP contribution in [0.2, 0.25) is 0 Å². The minimum atomic E-state index is -0.834. The normalized spacial score (nSPS) is 19.2. The smallest absolute Gasteiger partial charge is 0.243 e. The number of phenols is 1. The number of anilines is 1. The molecular weight excluding hydrogens is 825 g/mol. The third-order valence-corrected chi connectivity index (χ3v) is 14.8. The predicted octanol–water partition coefficient (Wildman–Crippen LogP) is 6.86. The topological polar surface area (TPSA) is 178 Å². The maximum absolute atomic E-state index is 14.3. The number of benzene rings is 2. The first kappa shape index (κ1) is 41.6. The second-order valence-electron chi connectivity index (χ2n) is 17.1. The number of carbonyl (C=O) groups is 3. The van der Waals surface area contributed by atoms with Crippen molar-refractivity contribution in [3.63, 3.8) is 0 Å². The second kappa shape index (κ2) is 17.2. The summed E-state index contributed by atoms with van der Waals surface area (Å²) < 4.78 is 5.88. The fourth-order valence-electron chi connectivity index (χ4n) is 9.20. The Labute approximate surface area is 367 Å². The molecule has 0 unspecified atom stereocenters. The Bertz CT molecular complexity index is 2610. The molecule has 0 bridgehead atoms. The van der Waals surface area contributed by atoms with Gasteiger partial charge in [-0.1, -0.05) is 55.4 Å². The lowest BCUT2D eigenvalue weighted by atomic mass is 9.91. The molecule has 3 amide bonds. The van der Waals surface area contributed by atoms with Gasteiger partial charge in [0.25, 0.3) is 0 Å². The van der Waals surface area contributed by atoms with Crippen LogP contribution in [0.1, 0.15) is 79.5 Å². The Morgan fingerprint density at radius 1 is 0.984 bits per heavy atom. The Kier molecular flexibility index (Phi) is 11.6. The van der Waals surface area contributed by atoms with Gasteiger partial charge >= 0.3 is 0 Å². The van der Waals surface area contributed by atoms with E-state index in [1.54, 1.807) is 34.8 Å². The van der Waals surface area contributed by atoms with Gasteiger partial charge in [-0.2, -0.15) is 0 Å². The van der Waals surface area contributed by atoms with E-state index in [2.05, 4.69) is 30.6 Å². The zero-order chi connectivity index (χ0) is 43.2. The molecule has 14 nitrogen and oxygen atoms in total. The molecule has 0 spiro atoms. The first-order chi connectivity index (χ1) is 29.9. The fraction of sp³-hybridized carbons (Fsp3) is 0.413. The van der Waals surface area contributed by atoms with Crippen molar-refractivity contribution < 1.29 is 29.1 Å². The number of aryl methyl sites for hydroxylation is 1. The standard InChI is InChI=1S/C46H50N8O6S2/c1-25(2)41(46(59)54-22-31(55)19-36(54)43(57)48-26(3)28-9-11-29(12-10-28)42-27(4)47-24-61-42)38-21-40(51-60-38)52-16-13-30(14-17-52)45(58)53-18-15-39-34(23-53)33-20-35(49-50-44(33)62-39)32-7-5-6-8-37(32)56/h5-12,20-21,24-26,30-31,36,41,55-56H,13-19,22-23H2,1-4H3,(H,48,57)/t26-,31+,36-,41+/m0/s1. The van der Waals surface area contributed by atoms with E-state index >= 15 is 0 Å². The molecule has 6 aromatic rings. The van der Waals surface area contributed by atoms with E-state index in [0.717, 1.165) is 43.9 Å². The van der Waals surface area contributed by atoms with E-state index in [1.165, 1.54) is 9.78 Å². The SMILES string of the molecule is Cc1ncsc1-c1ccc([C@H](C)NC(=O)[C@@H]2C[C@@H](O)CN2C(=O)[C@@H](c2cc(N3CCC(C(=O)N4CCc5sc6nnc(-c7ccccc7O)cc6c5C4)CC3)no2)C(C)C)cc1. The minimum Gasteiger partial charge on any atom is -0.507 e. The predicted molar refractivity (Wildman–Crippen MR) is 238 cm³/mol. The number of rotatable bonds is 10. The van der Waals surface area contributed by atoms with Gasteiger partial charge in [0, 0.05) is 67.0 Å². The van der Waals surface area contributed by atoms with Crippen molar-refractivity contribution in [2.24, 2.45) is 11.8 Å². The molecule has 2 aromatic carbocycles. The number of thiophene rings is 1. The maximum Gasteiger partial charge on any atom is 0.243 e. The molecule has 4 aromatic heterocycles. The first-order valence-electron chi connectivity index (χ1n) is 21.3. The summed E-state index contributed by atoms with van der Waals surface area (Å²) >= 11 is 3.21. The molecule has 322 valence electrons. The van der Waals surface area contributed by atoms with Crippen LogP contribution in [-0.2, 0) is 27.3 Å². The summed E-state index contributed by atoms with van der Waals surface area (Å²) in [7, 11) is 0. The fourth-order valence-corrected chi connectivity index (χ4v) is 11.1. The lowest BCUT2D eigenvalue weighted by Gasteiger charge is -2.35. The van der Waals surface area contributed by atoms with Crippen molar-refractivity contribution in [3.05, 3.63) is 93.6 Å². The van der Waals surface area contributed by atoms with Gasteiger partial charge in [-0.3, -0.25) is 14.4 Å².